The first-order valence-electron chi connectivity index (χ1n) is 11.6. The minimum atomic E-state index is -0.110. The molecule has 0 radical (unpaired) electrons. The SMILES string of the molecule is CC(C)(C)c1ccc2c3c1C(C)(C)c1cccc(c1)-c1cccc(c13)n2-c1ccccc1. The summed E-state index contributed by atoms with van der Waals surface area (Å²) in [6.07, 6.45) is 0. The summed E-state index contributed by atoms with van der Waals surface area (Å²) >= 11 is 0. The summed E-state index contributed by atoms with van der Waals surface area (Å²) in [5, 5.41) is 2.78. The Bertz CT molecular complexity index is 1510. The fourth-order valence-corrected chi connectivity index (χ4v) is 5.74. The van der Waals surface area contributed by atoms with Crippen LogP contribution in [0.25, 0.3) is 38.6 Å². The molecule has 5 aromatic rings. The minimum Gasteiger partial charge on any atom is -0.309 e. The van der Waals surface area contributed by atoms with Gasteiger partial charge in [0, 0.05) is 21.9 Å². The van der Waals surface area contributed by atoms with Gasteiger partial charge in [0.15, 0.2) is 0 Å². The monoisotopic (exact) mass is 415 g/mol. The normalized spacial score (nSPS) is 14.7. The molecule has 0 unspecified atom stereocenters. The van der Waals surface area contributed by atoms with Gasteiger partial charge in [-0.05, 0) is 57.5 Å². The van der Waals surface area contributed by atoms with Crippen molar-refractivity contribution in [1.82, 2.24) is 4.57 Å². The van der Waals surface area contributed by atoms with E-state index in [4.69, 9.17) is 0 Å². The first-order valence-corrected chi connectivity index (χ1v) is 11.6. The second-order valence-electron chi connectivity index (χ2n) is 10.7. The van der Waals surface area contributed by atoms with Crippen LogP contribution in [0.3, 0.4) is 0 Å². The van der Waals surface area contributed by atoms with Crippen LogP contribution in [0.15, 0.2) is 84.9 Å². The fourth-order valence-electron chi connectivity index (χ4n) is 5.74. The Hall–Kier alpha value is -3.32. The van der Waals surface area contributed by atoms with Gasteiger partial charge in [0.25, 0.3) is 0 Å². The summed E-state index contributed by atoms with van der Waals surface area (Å²) in [7, 11) is 0. The quantitative estimate of drug-likeness (QED) is 0.259. The first-order chi connectivity index (χ1) is 15.3. The summed E-state index contributed by atoms with van der Waals surface area (Å²) in [4.78, 5) is 0. The Morgan fingerprint density at radius 3 is 2.16 bits per heavy atom. The van der Waals surface area contributed by atoms with Gasteiger partial charge in [-0.1, -0.05) is 95.3 Å². The number of aromatic nitrogens is 1. The Morgan fingerprint density at radius 2 is 1.41 bits per heavy atom. The van der Waals surface area contributed by atoms with Crippen molar-refractivity contribution in [1.29, 1.82) is 0 Å². The molecule has 1 aliphatic rings. The highest BCUT2D eigenvalue weighted by Gasteiger charge is 2.35. The predicted molar refractivity (Wildman–Crippen MR) is 137 cm³/mol. The van der Waals surface area contributed by atoms with Crippen LogP contribution < -0.4 is 0 Å². The summed E-state index contributed by atoms with van der Waals surface area (Å²) < 4.78 is 2.45. The largest absolute Gasteiger partial charge is 0.309 e. The highest BCUT2D eigenvalue weighted by atomic mass is 15.0. The van der Waals surface area contributed by atoms with Crippen LogP contribution in [0.1, 0.15) is 51.3 Å². The molecule has 0 fully saturated rings. The average Bonchev–Trinajstić information content (AvgIpc) is 3.12. The van der Waals surface area contributed by atoms with Gasteiger partial charge in [-0.3, -0.25) is 0 Å². The Kier molecular flexibility index (Phi) is 3.85. The summed E-state index contributed by atoms with van der Waals surface area (Å²) in [6.45, 7) is 11.8. The Labute approximate surface area is 190 Å². The molecule has 6 rings (SSSR count). The molecule has 1 aliphatic carbocycles. The van der Waals surface area contributed by atoms with Crippen LogP contribution in [0, 0.1) is 0 Å². The van der Waals surface area contributed by atoms with Crippen LogP contribution in [0.5, 0.6) is 0 Å². The van der Waals surface area contributed by atoms with Crippen molar-refractivity contribution in [3.63, 3.8) is 0 Å². The van der Waals surface area contributed by atoms with Gasteiger partial charge >= 0.3 is 0 Å². The second-order valence-corrected chi connectivity index (χ2v) is 10.7. The van der Waals surface area contributed by atoms with Crippen molar-refractivity contribution < 1.29 is 0 Å². The maximum absolute atomic E-state index is 2.45. The molecule has 0 N–H and O–H groups in total. The molecule has 4 aromatic carbocycles. The van der Waals surface area contributed by atoms with E-state index in [-0.39, 0.29) is 10.8 Å². The smallest absolute Gasteiger partial charge is 0.0547 e. The Morgan fingerprint density at radius 1 is 0.688 bits per heavy atom. The molecule has 2 bridgehead atoms. The van der Waals surface area contributed by atoms with Crippen LogP contribution in [0.2, 0.25) is 0 Å². The van der Waals surface area contributed by atoms with Crippen LogP contribution in [-0.4, -0.2) is 4.57 Å². The van der Waals surface area contributed by atoms with Crippen molar-refractivity contribution in [2.75, 3.05) is 0 Å². The topological polar surface area (TPSA) is 4.93 Å². The zero-order chi connectivity index (χ0) is 22.3. The molecule has 158 valence electrons. The van der Waals surface area contributed by atoms with E-state index in [1.165, 1.54) is 55.3 Å². The van der Waals surface area contributed by atoms with E-state index in [1.807, 2.05) is 0 Å². The third kappa shape index (κ3) is 2.51. The Balaban J connectivity index is 1.95. The number of hydrogen-bond donors (Lipinski definition) is 0. The lowest BCUT2D eigenvalue weighted by molar-refractivity contribution is 0.553. The van der Waals surface area contributed by atoms with Gasteiger partial charge in [-0.2, -0.15) is 0 Å². The van der Waals surface area contributed by atoms with Gasteiger partial charge < -0.3 is 4.57 Å². The molecule has 0 saturated carbocycles. The molecule has 1 aromatic heterocycles. The van der Waals surface area contributed by atoms with Gasteiger partial charge in [-0.15, -0.1) is 0 Å². The van der Waals surface area contributed by atoms with E-state index in [9.17, 15) is 0 Å². The van der Waals surface area contributed by atoms with Crippen LogP contribution in [0.4, 0.5) is 0 Å². The highest BCUT2D eigenvalue weighted by Crippen LogP contribution is 2.50. The van der Waals surface area contributed by atoms with E-state index in [0.717, 1.165) is 0 Å². The van der Waals surface area contributed by atoms with Gasteiger partial charge in [0.2, 0.25) is 0 Å². The summed E-state index contributed by atoms with van der Waals surface area (Å²) in [5.74, 6) is 0. The lowest BCUT2D eigenvalue weighted by atomic mass is 9.68. The number of nitrogens with zero attached hydrogens (tertiary/aromatic N) is 1. The van der Waals surface area contributed by atoms with E-state index in [2.05, 4.69) is 124 Å². The van der Waals surface area contributed by atoms with Crippen LogP contribution >= 0.6 is 0 Å². The van der Waals surface area contributed by atoms with Crippen LogP contribution in [-0.2, 0) is 10.8 Å². The third-order valence-corrected chi connectivity index (χ3v) is 7.30. The van der Waals surface area contributed by atoms with E-state index in [1.54, 1.807) is 0 Å². The highest BCUT2D eigenvalue weighted by molar-refractivity contribution is 6.18. The van der Waals surface area contributed by atoms with Crippen molar-refractivity contribution in [2.24, 2.45) is 0 Å². The van der Waals surface area contributed by atoms with E-state index >= 15 is 0 Å². The lowest BCUT2D eigenvalue weighted by Gasteiger charge is -2.35. The maximum atomic E-state index is 2.45. The molecule has 0 amide bonds. The summed E-state index contributed by atoms with van der Waals surface area (Å²) in [5.41, 5.74) is 10.6. The van der Waals surface area contributed by atoms with E-state index in [0.29, 0.717) is 0 Å². The standard InChI is InChI=1S/C31H29N/c1-30(2,3)24-17-18-26-28-27-23(20-11-9-12-21(19-20)31(4,5)29(24)28)15-10-16-25(27)32(26)22-13-7-6-8-14-22/h6-19H,1-5H3. The summed E-state index contributed by atoms with van der Waals surface area (Å²) in [6, 6.07) is 31.5. The molecular weight excluding hydrogens is 386 g/mol. The predicted octanol–water partition coefficient (Wildman–Crippen LogP) is 8.39. The van der Waals surface area contributed by atoms with Gasteiger partial charge in [-0.25, -0.2) is 0 Å². The van der Waals surface area contributed by atoms with Gasteiger partial charge in [0.05, 0.1) is 11.0 Å². The minimum absolute atomic E-state index is 0.0493. The molecule has 0 saturated heterocycles. The zero-order valence-corrected chi connectivity index (χ0v) is 19.5. The molecule has 0 spiro atoms. The molecule has 1 heterocycles. The molecule has 0 atom stereocenters. The fraction of sp³-hybridized carbons (Fsp3) is 0.226. The zero-order valence-electron chi connectivity index (χ0n) is 19.5. The first kappa shape index (κ1) is 19.4. The lowest BCUT2D eigenvalue weighted by Crippen LogP contribution is -2.26. The third-order valence-electron chi connectivity index (χ3n) is 7.30. The molecular formula is C31H29N. The second kappa shape index (κ2) is 6.36. The van der Waals surface area contributed by atoms with Crippen molar-refractivity contribution >= 4 is 21.8 Å². The van der Waals surface area contributed by atoms with Crippen molar-refractivity contribution in [3.8, 4) is 16.8 Å². The van der Waals surface area contributed by atoms with Crippen molar-refractivity contribution in [3.05, 3.63) is 102 Å². The van der Waals surface area contributed by atoms with E-state index < -0.39 is 0 Å². The maximum Gasteiger partial charge on any atom is 0.0547 e. The molecule has 32 heavy (non-hydrogen) atoms. The van der Waals surface area contributed by atoms with Gasteiger partial charge in [0.1, 0.15) is 0 Å². The number of para-hydroxylation sites is 1. The van der Waals surface area contributed by atoms with Crippen molar-refractivity contribution in [2.45, 2.75) is 45.4 Å². The molecule has 1 nitrogen and oxygen atoms in total. The number of rotatable bonds is 1. The number of fused-ring (bicyclic) bond motifs is 3. The molecule has 1 heteroatoms. The number of hydrogen-bond acceptors (Lipinski definition) is 0. The average molecular weight is 416 g/mol. The molecule has 0 aliphatic heterocycles. The number of benzene rings is 4.